The Balaban J connectivity index is 2.04. The second kappa shape index (κ2) is 6.30. The lowest BCUT2D eigenvalue weighted by atomic mass is 10.1. The molecule has 0 heterocycles. The number of hydrogen-bond donors (Lipinski definition) is 1. The summed E-state index contributed by atoms with van der Waals surface area (Å²) in [6.07, 6.45) is 2.09. The highest BCUT2D eigenvalue weighted by Crippen LogP contribution is 2.21. The topological polar surface area (TPSA) is 12.0 Å². The maximum absolute atomic E-state index is 3.56. The number of aryl methyl sites for hydroxylation is 1. The molecular weight excluding hydrogens is 306 g/mol. The van der Waals surface area contributed by atoms with Gasteiger partial charge in [-0.15, -0.1) is 11.8 Å². The third-order valence-corrected chi connectivity index (χ3v) is 4.38. The smallest absolute Gasteiger partial charge is 0.0401 e. The van der Waals surface area contributed by atoms with Gasteiger partial charge in [0.1, 0.15) is 0 Å². The number of anilines is 1. The monoisotopic (exact) mass is 321 g/mol. The minimum absolute atomic E-state index is 0.844. The molecule has 0 saturated carbocycles. The molecule has 0 atom stereocenters. The van der Waals surface area contributed by atoms with Crippen LogP contribution in [0.4, 0.5) is 5.69 Å². The van der Waals surface area contributed by atoms with Gasteiger partial charge in [0, 0.05) is 21.6 Å². The standard InChI is InChI=1S/C15H16BrNS/c1-11-6-7-12(8-15(11)16)10-17-13-4-3-5-14(9-13)18-2/h3-9,17H,10H2,1-2H3. The molecule has 2 rings (SSSR count). The lowest BCUT2D eigenvalue weighted by Gasteiger charge is -2.09. The van der Waals surface area contributed by atoms with Crippen LogP contribution in [0.25, 0.3) is 0 Å². The van der Waals surface area contributed by atoms with Crippen molar-refractivity contribution in [3.8, 4) is 0 Å². The van der Waals surface area contributed by atoms with Crippen LogP contribution in [0, 0.1) is 6.92 Å². The molecule has 2 aromatic rings. The summed E-state index contributed by atoms with van der Waals surface area (Å²) in [7, 11) is 0. The summed E-state index contributed by atoms with van der Waals surface area (Å²) >= 11 is 5.33. The van der Waals surface area contributed by atoms with Crippen LogP contribution in [0.5, 0.6) is 0 Å². The van der Waals surface area contributed by atoms with E-state index < -0.39 is 0 Å². The van der Waals surface area contributed by atoms with E-state index in [4.69, 9.17) is 0 Å². The fourth-order valence-corrected chi connectivity index (χ4v) is 2.57. The number of hydrogen-bond acceptors (Lipinski definition) is 2. The van der Waals surface area contributed by atoms with Crippen molar-refractivity contribution < 1.29 is 0 Å². The van der Waals surface area contributed by atoms with Gasteiger partial charge >= 0.3 is 0 Å². The molecular formula is C15H16BrNS. The van der Waals surface area contributed by atoms with Crippen LogP contribution in [0.2, 0.25) is 0 Å². The fraction of sp³-hybridized carbons (Fsp3) is 0.200. The summed E-state index contributed by atoms with van der Waals surface area (Å²) in [6.45, 7) is 2.94. The molecule has 0 aromatic heterocycles. The molecule has 0 fully saturated rings. The van der Waals surface area contributed by atoms with Gasteiger partial charge in [0.2, 0.25) is 0 Å². The first-order valence-corrected chi connectivity index (χ1v) is 7.84. The SMILES string of the molecule is CSc1cccc(NCc2ccc(C)c(Br)c2)c1. The number of nitrogens with one attached hydrogen (secondary N) is 1. The summed E-state index contributed by atoms with van der Waals surface area (Å²) in [5.41, 5.74) is 3.71. The molecule has 3 heteroatoms. The van der Waals surface area contributed by atoms with E-state index in [0.717, 1.165) is 6.54 Å². The Labute approximate surface area is 121 Å². The molecule has 0 spiro atoms. The van der Waals surface area contributed by atoms with Gasteiger partial charge in [0.05, 0.1) is 0 Å². The van der Waals surface area contributed by atoms with Crippen molar-refractivity contribution in [1.82, 2.24) is 0 Å². The lowest BCUT2D eigenvalue weighted by Crippen LogP contribution is -1.99. The molecule has 0 aliphatic rings. The Kier molecular flexibility index (Phi) is 4.72. The minimum Gasteiger partial charge on any atom is -0.381 e. The number of benzene rings is 2. The van der Waals surface area contributed by atoms with E-state index in [0.29, 0.717) is 0 Å². The highest BCUT2D eigenvalue weighted by Gasteiger charge is 1.99. The van der Waals surface area contributed by atoms with E-state index in [1.807, 2.05) is 0 Å². The van der Waals surface area contributed by atoms with Gasteiger partial charge in [-0.2, -0.15) is 0 Å². The maximum atomic E-state index is 3.56. The second-order valence-corrected chi connectivity index (χ2v) is 5.90. The van der Waals surface area contributed by atoms with Crippen molar-refractivity contribution in [3.05, 3.63) is 58.1 Å². The summed E-state index contributed by atoms with van der Waals surface area (Å²) < 4.78 is 1.17. The van der Waals surface area contributed by atoms with Crippen LogP contribution in [0.15, 0.2) is 51.8 Å². The fourth-order valence-electron chi connectivity index (χ4n) is 1.68. The first-order chi connectivity index (χ1) is 8.69. The van der Waals surface area contributed by atoms with E-state index >= 15 is 0 Å². The molecule has 2 aromatic carbocycles. The zero-order valence-corrected chi connectivity index (χ0v) is 12.9. The molecule has 0 aliphatic heterocycles. The van der Waals surface area contributed by atoms with Crippen LogP contribution < -0.4 is 5.32 Å². The van der Waals surface area contributed by atoms with Gasteiger partial charge in [-0.05, 0) is 48.6 Å². The molecule has 0 bridgehead atoms. The Morgan fingerprint density at radius 1 is 1.17 bits per heavy atom. The first-order valence-electron chi connectivity index (χ1n) is 5.82. The normalized spacial score (nSPS) is 10.4. The number of thioether (sulfide) groups is 1. The Morgan fingerprint density at radius 3 is 2.72 bits per heavy atom. The van der Waals surface area contributed by atoms with E-state index in [9.17, 15) is 0 Å². The average Bonchev–Trinajstić information content (AvgIpc) is 2.40. The predicted octanol–water partition coefficient (Wildman–Crippen LogP) is 5.09. The summed E-state index contributed by atoms with van der Waals surface area (Å²) in [5, 5.41) is 3.45. The largest absolute Gasteiger partial charge is 0.381 e. The zero-order chi connectivity index (χ0) is 13.0. The van der Waals surface area contributed by atoms with Crippen LogP contribution in [-0.2, 0) is 6.54 Å². The molecule has 0 radical (unpaired) electrons. The third kappa shape index (κ3) is 3.53. The molecule has 0 aliphatic carbocycles. The van der Waals surface area contributed by atoms with Gasteiger partial charge < -0.3 is 5.32 Å². The molecule has 0 saturated heterocycles. The van der Waals surface area contributed by atoms with Gasteiger partial charge in [0.25, 0.3) is 0 Å². The van der Waals surface area contributed by atoms with Crippen molar-refractivity contribution >= 4 is 33.4 Å². The Bertz CT molecular complexity index is 540. The van der Waals surface area contributed by atoms with E-state index in [1.54, 1.807) is 11.8 Å². The lowest BCUT2D eigenvalue weighted by molar-refractivity contribution is 1.14. The molecule has 0 amide bonds. The molecule has 0 unspecified atom stereocenters. The van der Waals surface area contributed by atoms with Gasteiger partial charge in [-0.3, -0.25) is 0 Å². The molecule has 94 valence electrons. The van der Waals surface area contributed by atoms with Crippen LogP contribution in [0.3, 0.4) is 0 Å². The molecule has 18 heavy (non-hydrogen) atoms. The number of halogens is 1. The van der Waals surface area contributed by atoms with Crippen LogP contribution >= 0.6 is 27.7 Å². The number of rotatable bonds is 4. The highest BCUT2D eigenvalue weighted by molar-refractivity contribution is 9.10. The average molecular weight is 322 g/mol. The van der Waals surface area contributed by atoms with Crippen LogP contribution in [0.1, 0.15) is 11.1 Å². The van der Waals surface area contributed by atoms with E-state index in [2.05, 4.69) is 76.9 Å². The molecule has 1 nitrogen and oxygen atoms in total. The van der Waals surface area contributed by atoms with E-state index in [1.165, 1.54) is 26.2 Å². The maximum Gasteiger partial charge on any atom is 0.0401 e. The van der Waals surface area contributed by atoms with Gasteiger partial charge in [0.15, 0.2) is 0 Å². The van der Waals surface area contributed by atoms with Crippen molar-refractivity contribution in [2.45, 2.75) is 18.4 Å². The van der Waals surface area contributed by atoms with Crippen molar-refractivity contribution in [2.24, 2.45) is 0 Å². The van der Waals surface area contributed by atoms with Crippen molar-refractivity contribution in [1.29, 1.82) is 0 Å². The van der Waals surface area contributed by atoms with Gasteiger partial charge in [-0.25, -0.2) is 0 Å². The Morgan fingerprint density at radius 2 is 2.00 bits per heavy atom. The predicted molar refractivity (Wildman–Crippen MR) is 84.4 cm³/mol. The van der Waals surface area contributed by atoms with Crippen molar-refractivity contribution in [2.75, 3.05) is 11.6 Å². The summed E-state index contributed by atoms with van der Waals surface area (Å²) in [4.78, 5) is 1.28. The van der Waals surface area contributed by atoms with Crippen LogP contribution in [-0.4, -0.2) is 6.26 Å². The quantitative estimate of drug-likeness (QED) is 0.787. The Hall–Kier alpha value is -0.930. The summed E-state index contributed by atoms with van der Waals surface area (Å²) in [6, 6.07) is 14.9. The third-order valence-electron chi connectivity index (χ3n) is 2.80. The van der Waals surface area contributed by atoms with Crippen molar-refractivity contribution in [3.63, 3.8) is 0 Å². The first kappa shape index (κ1) is 13.5. The van der Waals surface area contributed by atoms with E-state index in [-0.39, 0.29) is 0 Å². The molecule has 1 N–H and O–H groups in total. The van der Waals surface area contributed by atoms with Gasteiger partial charge in [-0.1, -0.05) is 34.1 Å². The summed E-state index contributed by atoms with van der Waals surface area (Å²) in [5.74, 6) is 0. The zero-order valence-electron chi connectivity index (χ0n) is 10.5. The second-order valence-electron chi connectivity index (χ2n) is 4.17. The minimum atomic E-state index is 0.844. The highest BCUT2D eigenvalue weighted by atomic mass is 79.9.